The molecule has 15 aromatic rings. The Morgan fingerprint density at radius 2 is 1.03 bits per heavy atom. The number of hydrogen-bond acceptors (Lipinski definition) is 5. The molecule has 75 heavy (non-hydrogen) atoms. The summed E-state index contributed by atoms with van der Waals surface area (Å²) in [6.45, 7) is 5.57. The summed E-state index contributed by atoms with van der Waals surface area (Å²) in [5, 5.41) is 14.7. The maximum absolute atomic E-state index is 9.62. The largest absolute Gasteiger partial charge is 0.497 e. The molecular weight excluding hydrogens is 948 g/mol. The number of carbonyl (C=O) groups excluding carboxylic acids is 1. The van der Waals surface area contributed by atoms with E-state index in [1.807, 2.05) is 48.5 Å². The van der Waals surface area contributed by atoms with Gasteiger partial charge in [-0.3, -0.25) is 8.97 Å². The molecule has 0 N–H and O–H groups in total. The monoisotopic (exact) mass is 997 g/mol. The number of benzene rings is 10. The Labute approximate surface area is 438 Å². The van der Waals surface area contributed by atoms with Gasteiger partial charge in [-0.25, -0.2) is 0 Å². The number of Topliss-reactive ketones (excluding diaryl/α,β-unsaturated/α-hetero) is 1. The SMILES string of the molecule is COc1ccc2c(c1)oc1c2c2cc(-c3ccccc3)cc(Cl)c2n1-c1ccc2ccc(C)cc2c1.COc1ccc2c(c1)oc1c2c2cc(-c3ccccc3)cc3c4cc5ccc(C)cc5cc4n1c32.[2H]CC(C)=O. The fraction of sp³-hybridized carbons (Fsp3) is 0.0896. The van der Waals surface area contributed by atoms with Crippen molar-refractivity contribution >= 4 is 121 Å². The van der Waals surface area contributed by atoms with E-state index >= 15 is 0 Å². The molecule has 0 aliphatic carbocycles. The van der Waals surface area contributed by atoms with Gasteiger partial charge in [0.15, 0.2) is 0 Å². The maximum Gasteiger partial charge on any atom is 0.213 e. The summed E-state index contributed by atoms with van der Waals surface area (Å²) in [4.78, 5) is 9.62. The van der Waals surface area contributed by atoms with Crippen LogP contribution in [-0.4, -0.2) is 29.0 Å². The molecule has 0 aliphatic rings. The summed E-state index contributed by atoms with van der Waals surface area (Å²) in [7, 11) is 3.36. The molecule has 0 saturated carbocycles. The minimum Gasteiger partial charge on any atom is -0.497 e. The topological polar surface area (TPSA) is 71.2 Å². The molecule has 364 valence electrons. The van der Waals surface area contributed by atoms with Crippen molar-refractivity contribution in [1.82, 2.24) is 8.97 Å². The smallest absolute Gasteiger partial charge is 0.213 e. The van der Waals surface area contributed by atoms with E-state index < -0.39 is 0 Å². The fourth-order valence-electron chi connectivity index (χ4n) is 11.1. The zero-order valence-electron chi connectivity index (χ0n) is 42.9. The number of methoxy groups -OCH3 is 2. The van der Waals surface area contributed by atoms with E-state index in [9.17, 15) is 4.79 Å². The molecule has 0 amide bonds. The van der Waals surface area contributed by atoms with E-state index in [0.29, 0.717) is 5.02 Å². The van der Waals surface area contributed by atoms with Crippen LogP contribution < -0.4 is 9.47 Å². The number of rotatable bonds is 5. The molecule has 0 saturated heterocycles. The summed E-state index contributed by atoms with van der Waals surface area (Å²) in [6.07, 6.45) is 0. The van der Waals surface area contributed by atoms with E-state index in [4.69, 9.17) is 31.3 Å². The molecule has 10 aromatic carbocycles. The molecule has 0 unspecified atom stereocenters. The zero-order chi connectivity index (χ0) is 51.9. The van der Waals surface area contributed by atoms with Crippen molar-refractivity contribution in [3.63, 3.8) is 0 Å². The van der Waals surface area contributed by atoms with E-state index in [-0.39, 0.29) is 12.7 Å². The van der Waals surface area contributed by atoms with Gasteiger partial charge in [-0.15, -0.1) is 0 Å². The number of fused-ring (bicyclic) bond motifs is 15. The van der Waals surface area contributed by atoms with Crippen molar-refractivity contribution in [1.29, 1.82) is 0 Å². The van der Waals surface area contributed by atoms with E-state index in [1.165, 1.54) is 77.9 Å². The van der Waals surface area contributed by atoms with E-state index in [1.54, 1.807) is 14.2 Å². The summed E-state index contributed by atoms with van der Waals surface area (Å²) in [5.41, 5.74) is 14.7. The number of aromatic nitrogens is 2. The average Bonchev–Trinajstić information content (AvgIpc) is 4.45. The molecule has 0 radical (unpaired) electrons. The number of ketones is 1. The van der Waals surface area contributed by atoms with Gasteiger partial charge in [-0.2, -0.15) is 0 Å². The highest BCUT2D eigenvalue weighted by Crippen LogP contribution is 2.47. The van der Waals surface area contributed by atoms with Crippen LogP contribution in [0.4, 0.5) is 0 Å². The maximum atomic E-state index is 9.62. The number of furan rings is 2. The van der Waals surface area contributed by atoms with Crippen LogP contribution in [0.15, 0.2) is 197 Å². The van der Waals surface area contributed by atoms with Crippen LogP contribution in [-0.2, 0) is 4.79 Å². The van der Waals surface area contributed by atoms with Gasteiger partial charge < -0.3 is 23.1 Å². The van der Waals surface area contributed by atoms with Gasteiger partial charge in [0.05, 0.1) is 46.6 Å². The summed E-state index contributed by atoms with van der Waals surface area (Å²) in [5.74, 6) is 1.48. The molecule has 0 spiro atoms. The summed E-state index contributed by atoms with van der Waals surface area (Å²) >= 11 is 7.06. The normalized spacial score (nSPS) is 11.9. The van der Waals surface area contributed by atoms with Crippen molar-refractivity contribution in [2.75, 3.05) is 14.2 Å². The number of hydrogen-bond donors (Lipinski definition) is 0. The van der Waals surface area contributed by atoms with Gasteiger partial charge in [0.25, 0.3) is 0 Å². The Balaban J connectivity index is 0.000000134. The molecular formula is C67H49ClN2O5. The van der Waals surface area contributed by atoms with Crippen LogP contribution in [0.3, 0.4) is 0 Å². The Kier molecular flexibility index (Phi) is 10.6. The van der Waals surface area contributed by atoms with Crippen molar-refractivity contribution in [2.45, 2.75) is 27.7 Å². The van der Waals surface area contributed by atoms with Crippen LogP contribution in [0.5, 0.6) is 11.5 Å². The predicted molar refractivity (Wildman–Crippen MR) is 311 cm³/mol. The lowest BCUT2D eigenvalue weighted by atomic mass is 9.98. The van der Waals surface area contributed by atoms with Gasteiger partial charge in [-0.05, 0) is 144 Å². The number of halogens is 1. The summed E-state index contributed by atoms with van der Waals surface area (Å²) in [6, 6.07) is 66.3. The zero-order valence-corrected chi connectivity index (χ0v) is 42.7. The van der Waals surface area contributed by atoms with E-state index in [0.717, 1.165) is 83.4 Å². The average molecular weight is 999 g/mol. The highest BCUT2D eigenvalue weighted by Gasteiger charge is 2.25. The molecule has 7 nitrogen and oxygen atoms in total. The third kappa shape index (κ3) is 7.61. The second-order valence-corrected chi connectivity index (χ2v) is 19.8. The van der Waals surface area contributed by atoms with Crippen LogP contribution in [0, 0.1) is 13.8 Å². The van der Waals surface area contributed by atoms with Crippen molar-refractivity contribution in [2.24, 2.45) is 0 Å². The standard InChI is InChI=1S/C32H22ClNO2.C32H21NO2.C3H6O/c1-19-8-9-21-10-11-24(15-22(21)14-19)34-31-27(16-23(17-28(31)33)20-6-4-3-5-7-20)30-26-13-12-25(35-2)18-29(26)36-32(30)34;1-18-8-9-20-13-25-26-14-22(19-6-4-3-5-7-19)15-27-30-24-11-10-23(34-2)17-29(24)35-32(30)33(31(26)27)28(25)16-21(20)12-18;1-3(2)4/h3-18H,1-2H3;3-17H,1-2H3;1-2H3/i;;1D. The Morgan fingerprint density at radius 1 is 0.493 bits per heavy atom. The highest BCUT2D eigenvalue weighted by atomic mass is 35.5. The Morgan fingerprint density at radius 3 is 1.64 bits per heavy atom. The first-order valence-corrected chi connectivity index (χ1v) is 25.2. The van der Waals surface area contributed by atoms with E-state index in [2.05, 4.69) is 162 Å². The van der Waals surface area contributed by atoms with Crippen molar-refractivity contribution < 1.29 is 24.5 Å². The second-order valence-electron chi connectivity index (χ2n) is 19.4. The van der Waals surface area contributed by atoms with Gasteiger partial charge in [0.1, 0.15) is 28.4 Å². The summed E-state index contributed by atoms with van der Waals surface area (Å²) < 4.78 is 34.8. The number of ether oxygens (including phenoxy) is 2. The predicted octanol–water partition coefficient (Wildman–Crippen LogP) is 18.6. The number of nitrogens with zero attached hydrogens (tertiary/aromatic N) is 2. The lowest BCUT2D eigenvalue weighted by Gasteiger charge is -2.11. The third-order valence-corrected chi connectivity index (χ3v) is 14.7. The van der Waals surface area contributed by atoms with Crippen LogP contribution >= 0.6 is 11.6 Å². The van der Waals surface area contributed by atoms with Crippen molar-refractivity contribution in [3.05, 3.63) is 204 Å². The quantitative estimate of drug-likeness (QED) is 0.172. The van der Waals surface area contributed by atoms with Gasteiger partial charge in [0.2, 0.25) is 11.4 Å². The molecule has 8 heteroatoms. The molecule has 0 bridgehead atoms. The minimum absolute atomic E-state index is 0.0787. The lowest BCUT2D eigenvalue weighted by molar-refractivity contribution is -0.115. The molecule has 0 fully saturated rings. The van der Waals surface area contributed by atoms with Crippen molar-refractivity contribution in [3.8, 4) is 39.4 Å². The fourth-order valence-corrected chi connectivity index (χ4v) is 11.4. The number of carbonyl (C=O) groups is 1. The Hall–Kier alpha value is -9.04. The molecule has 15 rings (SSSR count). The third-order valence-electron chi connectivity index (χ3n) is 14.4. The first-order chi connectivity index (χ1) is 37.1. The van der Waals surface area contributed by atoms with Crippen LogP contribution in [0.1, 0.15) is 26.3 Å². The van der Waals surface area contributed by atoms with Crippen LogP contribution in [0.2, 0.25) is 5.02 Å². The molecule has 5 heterocycles. The Bertz CT molecular complexity index is 4780. The van der Waals surface area contributed by atoms with Gasteiger partial charge >= 0.3 is 0 Å². The van der Waals surface area contributed by atoms with Crippen LogP contribution in [0.25, 0.3) is 132 Å². The molecule has 0 aliphatic heterocycles. The first-order valence-electron chi connectivity index (χ1n) is 25.6. The van der Waals surface area contributed by atoms with Gasteiger partial charge in [0, 0.05) is 51.5 Å². The molecule has 5 aromatic heterocycles. The second kappa shape index (κ2) is 17.9. The molecule has 0 atom stereocenters. The minimum atomic E-state index is -0.0833. The highest BCUT2D eigenvalue weighted by molar-refractivity contribution is 6.38. The lowest BCUT2D eigenvalue weighted by Crippen LogP contribution is -1.94. The van der Waals surface area contributed by atoms with Gasteiger partial charge in [-0.1, -0.05) is 126 Å². The number of aryl methyl sites for hydroxylation is 2. The first kappa shape index (κ1) is 44.6.